The van der Waals surface area contributed by atoms with Gasteiger partial charge in [-0.05, 0) is 40.2 Å². The average molecular weight is 314 g/mol. The Morgan fingerprint density at radius 1 is 1.46 bits per heavy atom. The fourth-order valence-corrected chi connectivity index (χ4v) is 1.84. The highest BCUT2D eigenvalue weighted by Crippen LogP contribution is 2.25. The van der Waals surface area contributed by atoms with Crippen LogP contribution in [0.5, 0.6) is 5.75 Å². The van der Waals surface area contributed by atoms with Gasteiger partial charge in [-0.25, -0.2) is 4.39 Å². The van der Waals surface area contributed by atoms with E-state index in [0.717, 1.165) is 6.07 Å². The average Bonchev–Trinajstić information content (AvgIpc) is 2.08. The maximum absolute atomic E-state index is 12.7. The summed E-state index contributed by atoms with van der Waals surface area (Å²) in [6.07, 6.45) is 0. The Morgan fingerprint density at radius 2 is 2.15 bits per heavy atom. The minimum atomic E-state index is -1.71. The standard InChI is InChI=1S/C6H6BFIO3P/c8-4-1-2-6(12-13-9)5(3-4)7(10)11/h1-3,10-11,13H. The minimum Gasteiger partial charge on any atom is -0.467 e. The summed E-state index contributed by atoms with van der Waals surface area (Å²) in [5.41, 5.74) is 0.0455. The predicted molar refractivity (Wildman–Crippen MR) is 59.2 cm³/mol. The minimum absolute atomic E-state index is 0.0455. The number of rotatable bonds is 3. The number of hydrogen-bond acceptors (Lipinski definition) is 3. The van der Waals surface area contributed by atoms with Crippen molar-refractivity contribution in [1.82, 2.24) is 0 Å². The fourth-order valence-electron chi connectivity index (χ4n) is 0.856. The van der Waals surface area contributed by atoms with E-state index >= 15 is 0 Å². The summed E-state index contributed by atoms with van der Waals surface area (Å²) in [6.45, 7) is 0.146. The van der Waals surface area contributed by atoms with E-state index in [0.29, 0.717) is 5.75 Å². The highest BCUT2D eigenvalue weighted by atomic mass is 127. The van der Waals surface area contributed by atoms with Crippen molar-refractivity contribution in [3.8, 4) is 5.75 Å². The smallest absolute Gasteiger partial charge is 0.467 e. The molecule has 0 radical (unpaired) electrons. The molecule has 0 aromatic heterocycles. The first kappa shape index (κ1) is 11.2. The monoisotopic (exact) mass is 314 g/mol. The first-order chi connectivity index (χ1) is 6.15. The quantitative estimate of drug-likeness (QED) is 0.494. The molecule has 0 aliphatic rings. The highest BCUT2D eigenvalue weighted by molar-refractivity contribution is 14.2. The zero-order valence-electron chi connectivity index (χ0n) is 6.37. The molecule has 0 amide bonds. The first-order valence-corrected chi connectivity index (χ1v) is 7.35. The van der Waals surface area contributed by atoms with Gasteiger partial charge in [0, 0.05) is 5.46 Å². The van der Waals surface area contributed by atoms with E-state index in [9.17, 15) is 4.39 Å². The zero-order chi connectivity index (χ0) is 9.84. The molecule has 2 N–H and O–H groups in total. The van der Waals surface area contributed by atoms with Crippen LogP contribution in [-0.2, 0) is 0 Å². The molecule has 13 heavy (non-hydrogen) atoms. The molecule has 1 aromatic rings. The van der Waals surface area contributed by atoms with Gasteiger partial charge in [0.15, 0.2) is 0 Å². The Labute approximate surface area is 89.8 Å². The molecule has 70 valence electrons. The number of halogens is 2. The van der Waals surface area contributed by atoms with Crippen LogP contribution in [0.1, 0.15) is 0 Å². The predicted octanol–water partition coefficient (Wildman–Crippen LogP) is 0.828. The van der Waals surface area contributed by atoms with Gasteiger partial charge < -0.3 is 14.6 Å². The van der Waals surface area contributed by atoms with Gasteiger partial charge in [0.05, 0.1) is 0 Å². The Kier molecular flexibility index (Phi) is 4.38. The van der Waals surface area contributed by atoms with Crippen LogP contribution in [-0.4, -0.2) is 17.2 Å². The van der Waals surface area contributed by atoms with Crippen molar-refractivity contribution >= 4 is 41.1 Å². The maximum Gasteiger partial charge on any atom is 0.492 e. The summed E-state index contributed by atoms with van der Waals surface area (Å²) in [5, 5.41) is 17.7. The normalized spacial score (nSPS) is 10.8. The van der Waals surface area contributed by atoms with Crippen LogP contribution in [0.15, 0.2) is 18.2 Å². The fraction of sp³-hybridized carbons (Fsp3) is 0. The summed E-state index contributed by atoms with van der Waals surface area (Å²) in [4.78, 5) is 0. The van der Waals surface area contributed by atoms with Gasteiger partial charge in [-0.3, -0.25) is 0 Å². The lowest BCUT2D eigenvalue weighted by atomic mass is 9.79. The Balaban J connectivity index is 3.03. The van der Waals surface area contributed by atoms with Crippen molar-refractivity contribution in [3.05, 3.63) is 24.0 Å². The third kappa shape index (κ3) is 3.05. The third-order valence-corrected chi connectivity index (χ3v) is 2.36. The van der Waals surface area contributed by atoms with Crippen molar-refractivity contribution in [1.29, 1.82) is 0 Å². The van der Waals surface area contributed by atoms with Gasteiger partial charge in [-0.1, -0.05) is 0 Å². The molecular weight excluding hydrogens is 308 g/mol. The molecule has 0 fully saturated rings. The van der Waals surface area contributed by atoms with Crippen molar-refractivity contribution in [2.45, 2.75) is 0 Å². The summed E-state index contributed by atoms with van der Waals surface area (Å²) in [5.74, 6) is -0.226. The number of benzene rings is 1. The summed E-state index contributed by atoms with van der Waals surface area (Å²) >= 11 is 1.99. The Morgan fingerprint density at radius 3 is 2.69 bits per heavy atom. The Bertz CT molecular complexity index is 299. The van der Waals surface area contributed by atoms with E-state index in [1.807, 2.05) is 22.0 Å². The number of hydrogen-bond donors (Lipinski definition) is 2. The van der Waals surface area contributed by atoms with Gasteiger partial charge >= 0.3 is 7.12 Å². The molecule has 1 atom stereocenters. The zero-order valence-corrected chi connectivity index (χ0v) is 9.53. The molecule has 0 saturated heterocycles. The lowest BCUT2D eigenvalue weighted by molar-refractivity contribution is 0.424. The van der Waals surface area contributed by atoms with Crippen molar-refractivity contribution in [2.24, 2.45) is 0 Å². The summed E-state index contributed by atoms with van der Waals surface area (Å²) in [6, 6.07) is 3.62. The molecule has 3 nitrogen and oxygen atoms in total. The van der Waals surface area contributed by atoms with Gasteiger partial charge in [0.2, 0.25) is 0 Å². The molecular formula is C6H6BFIO3P. The lowest BCUT2D eigenvalue weighted by Gasteiger charge is -2.07. The van der Waals surface area contributed by atoms with Gasteiger partial charge in [-0.2, -0.15) is 0 Å². The summed E-state index contributed by atoms with van der Waals surface area (Å²) < 4.78 is 17.8. The topological polar surface area (TPSA) is 49.7 Å². The van der Waals surface area contributed by atoms with E-state index in [4.69, 9.17) is 14.6 Å². The molecule has 0 spiro atoms. The largest absolute Gasteiger partial charge is 0.492 e. The van der Waals surface area contributed by atoms with Crippen LogP contribution in [0, 0.1) is 5.82 Å². The van der Waals surface area contributed by atoms with Crippen molar-refractivity contribution < 1.29 is 19.0 Å². The molecule has 1 unspecified atom stereocenters. The van der Waals surface area contributed by atoms with Crippen LogP contribution in [0.2, 0.25) is 0 Å². The second-order valence-corrected chi connectivity index (χ2v) is 3.91. The second-order valence-electron chi connectivity index (χ2n) is 2.24. The Hall–Kier alpha value is 0.0949. The van der Waals surface area contributed by atoms with Gasteiger partial charge in [-0.15, -0.1) is 0 Å². The first-order valence-electron chi connectivity index (χ1n) is 3.33. The SMILES string of the molecule is OB(O)c1cc(F)ccc1OPI. The van der Waals surface area contributed by atoms with E-state index in [-0.39, 0.29) is 11.9 Å². The molecule has 0 aliphatic carbocycles. The molecule has 7 heteroatoms. The lowest BCUT2D eigenvalue weighted by Crippen LogP contribution is -2.31. The van der Waals surface area contributed by atoms with Gasteiger partial charge in [0.25, 0.3) is 0 Å². The molecule has 1 rings (SSSR count). The molecule has 0 aliphatic heterocycles. The van der Waals surface area contributed by atoms with E-state index < -0.39 is 12.9 Å². The third-order valence-electron chi connectivity index (χ3n) is 1.40. The molecule has 0 heterocycles. The van der Waals surface area contributed by atoms with E-state index in [2.05, 4.69) is 0 Å². The van der Waals surface area contributed by atoms with E-state index in [1.54, 1.807) is 0 Å². The molecule has 1 aromatic carbocycles. The van der Waals surface area contributed by atoms with Crippen molar-refractivity contribution in [3.63, 3.8) is 0 Å². The second kappa shape index (κ2) is 5.09. The van der Waals surface area contributed by atoms with Crippen LogP contribution in [0.4, 0.5) is 4.39 Å². The van der Waals surface area contributed by atoms with Crippen LogP contribution in [0.3, 0.4) is 0 Å². The molecule has 0 saturated carbocycles. The van der Waals surface area contributed by atoms with Crippen LogP contribution in [0.25, 0.3) is 0 Å². The summed E-state index contributed by atoms with van der Waals surface area (Å²) in [7, 11) is -1.71. The van der Waals surface area contributed by atoms with Crippen LogP contribution >= 0.6 is 28.5 Å². The maximum atomic E-state index is 12.7. The van der Waals surface area contributed by atoms with Gasteiger partial charge in [0.1, 0.15) is 18.0 Å². The molecule has 0 bridgehead atoms. The van der Waals surface area contributed by atoms with E-state index in [1.165, 1.54) is 12.1 Å². The highest BCUT2D eigenvalue weighted by Gasteiger charge is 2.17. The van der Waals surface area contributed by atoms with Crippen LogP contribution < -0.4 is 9.99 Å². The van der Waals surface area contributed by atoms with Crippen molar-refractivity contribution in [2.75, 3.05) is 0 Å².